The van der Waals surface area contributed by atoms with Crippen molar-refractivity contribution in [3.63, 3.8) is 0 Å². The molecule has 3 aromatic heterocycles. The average Bonchev–Trinajstić information content (AvgIpc) is 3.70. The molecule has 320 valence electrons. The molecule has 2 aliphatic rings. The molecule has 1 aliphatic heterocycles. The number of carboxylic acid groups (broad SMARTS) is 1. The number of hydrogen-bond acceptors (Lipinski definition) is 13. The minimum Gasteiger partial charge on any atom is -0.495 e. The third kappa shape index (κ3) is 8.12. The molecule has 4 heterocycles. The Morgan fingerprint density at radius 3 is 2.59 bits per heavy atom. The predicted octanol–water partition coefficient (Wildman–Crippen LogP) is 7.97. The molecular weight excluding hydrogens is 852 g/mol. The number of nitrogens with zero attached hydrogens (tertiary/aromatic N) is 6. The van der Waals surface area contributed by atoms with E-state index in [1.54, 1.807) is 67.9 Å². The molecule has 7 aromatic rings. The van der Waals surface area contributed by atoms with Crippen LogP contribution >= 0.6 is 22.9 Å². The van der Waals surface area contributed by atoms with Gasteiger partial charge in [0.2, 0.25) is 12.0 Å². The highest BCUT2D eigenvalue weighted by Gasteiger charge is 2.28. The van der Waals surface area contributed by atoms with Crippen molar-refractivity contribution in [3.8, 4) is 17.4 Å². The number of methoxy groups -OCH3 is 1. The normalized spacial score (nSPS) is 14.9. The number of allylic oxidation sites excluding steroid dienone is 3. The number of fused-ring (bicyclic) bond motifs is 8. The lowest BCUT2D eigenvalue weighted by atomic mass is 9.95. The van der Waals surface area contributed by atoms with E-state index < -0.39 is 29.4 Å². The third-order valence-corrected chi connectivity index (χ3v) is 12.6. The van der Waals surface area contributed by atoms with Gasteiger partial charge in [-0.15, -0.1) is 11.3 Å². The van der Waals surface area contributed by atoms with Gasteiger partial charge < -0.3 is 34.7 Å². The van der Waals surface area contributed by atoms with Crippen LogP contribution in [0.2, 0.25) is 5.02 Å². The highest BCUT2D eigenvalue weighted by atomic mass is 35.5. The molecule has 3 N–H and O–H groups in total. The maximum atomic E-state index is 15.3. The first kappa shape index (κ1) is 41.7. The highest BCUT2D eigenvalue weighted by Crippen LogP contribution is 2.50. The third-order valence-electron chi connectivity index (χ3n) is 11.1. The van der Waals surface area contributed by atoms with Crippen LogP contribution in [0, 0.1) is 11.6 Å². The fraction of sp³-hybridized carbons (Fsp3) is 0.239. The van der Waals surface area contributed by atoms with E-state index >= 15 is 8.78 Å². The maximum absolute atomic E-state index is 15.3. The molecule has 0 amide bonds. The van der Waals surface area contributed by atoms with Crippen molar-refractivity contribution in [1.82, 2.24) is 29.7 Å². The lowest BCUT2D eigenvalue weighted by molar-refractivity contribution is -0.145. The smallest absolute Gasteiger partial charge is 0.345 e. The summed E-state index contributed by atoms with van der Waals surface area (Å²) in [6.45, 7) is 4.78. The quantitative estimate of drug-likeness (QED) is 0.0616. The number of nitrogen functional groups attached to an aromatic ring is 1. The molecule has 0 bridgehead atoms. The van der Waals surface area contributed by atoms with Crippen LogP contribution in [-0.2, 0) is 22.6 Å². The Labute approximate surface area is 367 Å². The zero-order chi connectivity index (χ0) is 43.8. The van der Waals surface area contributed by atoms with E-state index in [9.17, 15) is 9.90 Å². The summed E-state index contributed by atoms with van der Waals surface area (Å²) in [4.78, 5) is 35.9. The van der Waals surface area contributed by atoms with E-state index in [0.29, 0.717) is 84.1 Å². The van der Waals surface area contributed by atoms with Gasteiger partial charge in [0.05, 0.1) is 34.5 Å². The van der Waals surface area contributed by atoms with Crippen molar-refractivity contribution in [2.45, 2.75) is 19.1 Å². The first-order valence-electron chi connectivity index (χ1n) is 19.9. The second-order valence-electron chi connectivity index (χ2n) is 14.9. The number of anilines is 1. The number of benzene rings is 4. The SMILES string of the molecule is COC1=C(c2nccc(COc3ccccc3C[C@@H](Oc3ncnc4sc5c6cc(F)c(F)c(N)c6c6c(Cl)c(OCCN7CCN(C)CC7)ccc6c5c34)C(=O)O)n2)C=C=C=C1. The lowest BCUT2D eigenvalue weighted by Gasteiger charge is -2.32. The maximum Gasteiger partial charge on any atom is 0.345 e. The van der Waals surface area contributed by atoms with Crippen molar-refractivity contribution in [2.75, 3.05) is 59.2 Å². The number of thiophene rings is 1. The molecule has 0 radical (unpaired) electrons. The minimum absolute atomic E-state index is 0.0309. The van der Waals surface area contributed by atoms with Gasteiger partial charge in [-0.05, 0) is 48.3 Å². The van der Waals surface area contributed by atoms with Gasteiger partial charge in [0.1, 0.15) is 41.6 Å². The number of carboxylic acids is 1. The van der Waals surface area contributed by atoms with Crippen LogP contribution in [0.3, 0.4) is 0 Å². The molecule has 4 aromatic carbocycles. The van der Waals surface area contributed by atoms with Gasteiger partial charge in [-0.2, -0.15) is 0 Å². The molecule has 0 saturated carbocycles. The Hall–Kier alpha value is -6.64. The summed E-state index contributed by atoms with van der Waals surface area (Å²) in [6.07, 6.45) is 4.63. The van der Waals surface area contributed by atoms with Gasteiger partial charge in [-0.3, -0.25) is 4.90 Å². The van der Waals surface area contributed by atoms with Crippen LogP contribution in [0.25, 0.3) is 47.4 Å². The Balaban J connectivity index is 1.05. The predicted molar refractivity (Wildman–Crippen MR) is 237 cm³/mol. The van der Waals surface area contributed by atoms with E-state index in [-0.39, 0.29) is 34.7 Å². The molecule has 0 spiro atoms. The number of ether oxygens (including phenoxy) is 4. The van der Waals surface area contributed by atoms with E-state index in [2.05, 4.69) is 48.2 Å². The second-order valence-corrected chi connectivity index (χ2v) is 16.3. The summed E-state index contributed by atoms with van der Waals surface area (Å²) in [5, 5.41) is 13.0. The van der Waals surface area contributed by atoms with E-state index in [1.807, 2.05) is 0 Å². The minimum atomic E-state index is -1.45. The number of carbonyl (C=O) groups is 1. The van der Waals surface area contributed by atoms with Crippen molar-refractivity contribution < 1.29 is 37.6 Å². The van der Waals surface area contributed by atoms with Crippen molar-refractivity contribution in [2.24, 2.45) is 0 Å². The number of hydrogen-bond donors (Lipinski definition) is 2. The summed E-state index contributed by atoms with van der Waals surface area (Å²) < 4.78 is 55.2. The largest absolute Gasteiger partial charge is 0.495 e. The number of likely N-dealkylation sites (N-methyl/N-ethyl adjacent to an activating group) is 1. The first-order chi connectivity index (χ1) is 30.6. The summed E-state index contributed by atoms with van der Waals surface area (Å²) in [5.41, 5.74) is 13.4. The summed E-state index contributed by atoms with van der Waals surface area (Å²) >= 11 is 8.33. The Morgan fingerprint density at radius 2 is 1.78 bits per heavy atom. The van der Waals surface area contributed by atoms with Crippen molar-refractivity contribution in [1.29, 1.82) is 0 Å². The van der Waals surface area contributed by atoms with Crippen molar-refractivity contribution >= 4 is 82.0 Å². The number of aromatic nitrogens is 4. The van der Waals surface area contributed by atoms with Gasteiger partial charge in [-0.1, -0.05) is 41.3 Å². The van der Waals surface area contributed by atoms with Crippen LogP contribution in [0.1, 0.15) is 17.1 Å². The summed E-state index contributed by atoms with van der Waals surface area (Å²) in [6, 6.07) is 13.3. The van der Waals surface area contributed by atoms with Gasteiger partial charge in [0, 0.05) is 83.7 Å². The lowest BCUT2D eigenvalue weighted by Crippen LogP contribution is -2.45. The highest BCUT2D eigenvalue weighted by molar-refractivity contribution is 7.26. The molecule has 1 fully saturated rings. The van der Waals surface area contributed by atoms with E-state index in [0.717, 1.165) is 32.2 Å². The molecule has 63 heavy (non-hydrogen) atoms. The average molecular weight is 890 g/mol. The van der Waals surface area contributed by atoms with Crippen LogP contribution in [0.5, 0.6) is 17.4 Å². The molecular formula is C46H38ClF2N7O6S. The van der Waals surface area contributed by atoms with Gasteiger partial charge in [-0.25, -0.2) is 33.5 Å². The van der Waals surface area contributed by atoms with E-state index in [4.69, 9.17) is 36.3 Å². The molecule has 9 rings (SSSR count). The summed E-state index contributed by atoms with van der Waals surface area (Å²) in [7, 11) is 3.64. The monoisotopic (exact) mass is 889 g/mol. The number of piperazine rings is 1. The number of para-hydroxylation sites is 1. The molecule has 17 heteroatoms. The van der Waals surface area contributed by atoms with Crippen LogP contribution in [-0.4, -0.2) is 100 Å². The molecule has 13 nitrogen and oxygen atoms in total. The fourth-order valence-corrected chi connectivity index (χ4v) is 9.30. The topological polar surface area (TPSA) is 158 Å². The van der Waals surface area contributed by atoms with E-state index in [1.165, 1.54) is 17.7 Å². The number of aliphatic carboxylic acids is 1. The van der Waals surface area contributed by atoms with Gasteiger partial charge in [0.25, 0.3) is 0 Å². The Morgan fingerprint density at radius 1 is 0.968 bits per heavy atom. The first-order valence-corrected chi connectivity index (χ1v) is 21.1. The number of halogens is 3. The van der Waals surface area contributed by atoms with Crippen LogP contribution in [0.4, 0.5) is 14.5 Å². The fourth-order valence-electron chi connectivity index (χ4n) is 7.81. The summed E-state index contributed by atoms with van der Waals surface area (Å²) in [5.74, 6) is -1.92. The van der Waals surface area contributed by atoms with Crippen molar-refractivity contribution in [3.05, 3.63) is 124 Å². The number of rotatable bonds is 14. The Bertz CT molecular complexity index is 3110. The van der Waals surface area contributed by atoms with Gasteiger partial charge in [0.15, 0.2) is 17.5 Å². The standard InChI is InChI=1S/C46H38ClF2N7O6S/c1-55-15-17-56(18-16-55)19-20-60-33-12-11-28-35(39(33)47)36-29(22-30(48)40(49)41(36)50)42-37(28)38-44(52-24-53-45(38)63-42)62-34(46(57)58)21-25-7-3-5-9-31(25)61-23-26-13-14-51-43(54-26)27-8-4-6-10-32(27)59-2/h3,5,7-14,22,24,34H,15-21,23,50H2,1-2H3,(H,57,58)/t34-/m1/s1. The molecule has 0 unspecified atom stereocenters. The Kier molecular flexibility index (Phi) is 11.7. The zero-order valence-electron chi connectivity index (χ0n) is 34.0. The molecule has 1 atom stereocenters. The second kappa shape index (κ2) is 17.6. The zero-order valence-corrected chi connectivity index (χ0v) is 35.5. The molecule has 1 saturated heterocycles. The number of nitrogens with two attached hydrogens (primary N) is 1. The van der Waals surface area contributed by atoms with Crippen LogP contribution in [0.15, 0.2) is 90.4 Å². The van der Waals surface area contributed by atoms with Gasteiger partial charge >= 0.3 is 5.97 Å². The molecule has 1 aliphatic carbocycles. The van der Waals surface area contributed by atoms with Crippen LogP contribution < -0.4 is 19.9 Å².